The molecular formula is C13H9NO5. The number of carboxylic acid groups (broad SMARTS) is 1. The average Bonchev–Trinajstić information content (AvgIpc) is 2.39. The van der Waals surface area contributed by atoms with Gasteiger partial charge in [-0.1, -0.05) is 12.1 Å². The highest BCUT2D eigenvalue weighted by molar-refractivity contribution is 6.07. The van der Waals surface area contributed by atoms with Gasteiger partial charge in [0.15, 0.2) is 0 Å². The van der Waals surface area contributed by atoms with E-state index < -0.39 is 17.5 Å². The monoisotopic (exact) mass is 259 g/mol. The van der Waals surface area contributed by atoms with Crippen molar-refractivity contribution in [1.29, 1.82) is 0 Å². The van der Waals surface area contributed by atoms with Crippen LogP contribution in [0.2, 0.25) is 0 Å². The normalized spacial score (nSPS) is 9.89. The van der Waals surface area contributed by atoms with E-state index in [2.05, 4.69) is 9.73 Å². The van der Waals surface area contributed by atoms with Crippen LogP contribution in [-0.4, -0.2) is 17.0 Å². The van der Waals surface area contributed by atoms with Gasteiger partial charge in [-0.05, 0) is 18.2 Å². The fourth-order valence-corrected chi connectivity index (χ4v) is 1.46. The third-order valence-corrected chi connectivity index (χ3v) is 2.37. The predicted molar refractivity (Wildman–Crippen MR) is 66.3 cm³/mol. The molecule has 1 amide bonds. The first-order valence-corrected chi connectivity index (χ1v) is 5.30. The van der Waals surface area contributed by atoms with Gasteiger partial charge < -0.3 is 14.8 Å². The zero-order valence-corrected chi connectivity index (χ0v) is 9.62. The van der Waals surface area contributed by atoms with E-state index in [0.29, 0.717) is 0 Å². The van der Waals surface area contributed by atoms with Crippen molar-refractivity contribution in [2.24, 2.45) is 0 Å². The van der Waals surface area contributed by atoms with Crippen LogP contribution in [-0.2, 0) is 0 Å². The van der Waals surface area contributed by atoms with Crippen molar-refractivity contribution in [1.82, 2.24) is 0 Å². The SMILES string of the molecule is O=C(Nc1ccccc1C(=O)O)c1ccc(=O)oc1. The Bertz CT molecular complexity index is 669. The number of para-hydroxylation sites is 1. The maximum absolute atomic E-state index is 11.8. The maximum Gasteiger partial charge on any atom is 0.337 e. The van der Waals surface area contributed by atoms with E-state index >= 15 is 0 Å². The van der Waals surface area contributed by atoms with E-state index in [0.717, 1.165) is 12.3 Å². The maximum atomic E-state index is 11.8. The first kappa shape index (κ1) is 12.6. The number of carbonyl (C=O) groups excluding carboxylic acids is 1. The largest absolute Gasteiger partial charge is 0.478 e. The Morgan fingerprint density at radius 2 is 1.84 bits per heavy atom. The van der Waals surface area contributed by atoms with Gasteiger partial charge in [0.1, 0.15) is 6.26 Å². The molecule has 19 heavy (non-hydrogen) atoms. The number of carbonyl (C=O) groups is 2. The van der Waals surface area contributed by atoms with E-state index in [9.17, 15) is 14.4 Å². The highest BCUT2D eigenvalue weighted by atomic mass is 16.4. The molecule has 1 aromatic carbocycles. The fourth-order valence-electron chi connectivity index (χ4n) is 1.46. The van der Waals surface area contributed by atoms with Crippen LogP contribution in [0.15, 0.2) is 51.9 Å². The number of benzene rings is 1. The summed E-state index contributed by atoms with van der Waals surface area (Å²) in [5.41, 5.74) is -0.290. The molecule has 2 aromatic rings. The average molecular weight is 259 g/mol. The minimum Gasteiger partial charge on any atom is -0.478 e. The number of rotatable bonds is 3. The highest BCUT2D eigenvalue weighted by Gasteiger charge is 2.13. The van der Waals surface area contributed by atoms with E-state index in [1.165, 1.54) is 18.2 Å². The van der Waals surface area contributed by atoms with Gasteiger partial charge in [0, 0.05) is 6.07 Å². The molecule has 0 fully saturated rings. The molecule has 0 unspecified atom stereocenters. The molecule has 0 radical (unpaired) electrons. The summed E-state index contributed by atoms with van der Waals surface area (Å²) in [5.74, 6) is -1.70. The topological polar surface area (TPSA) is 96.6 Å². The standard InChI is InChI=1S/C13H9NO5/c15-11-6-5-8(7-19-11)12(16)14-10-4-2-1-3-9(10)13(17)18/h1-7H,(H,14,16)(H,17,18). The van der Waals surface area contributed by atoms with Crippen LogP contribution in [0.5, 0.6) is 0 Å². The van der Waals surface area contributed by atoms with Crippen LogP contribution in [0.25, 0.3) is 0 Å². The van der Waals surface area contributed by atoms with Crippen LogP contribution < -0.4 is 10.9 Å². The molecule has 6 heteroatoms. The van der Waals surface area contributed by atoms with Gasteiger partial charge in [-0.3, -0.25) is 4.79 Å². The molecule has 0 saturated heterocycles. The van der Waals surface area contributed by atoms with Gasteiger partial charge in [0.2, 0.25) is 0 Å². The van der Waals surface area contributed by atoms with Gasteiger partial charge in [0.05, 0.1) is 16.8 Å². The number of hydrogen-bond acceptors (Lipinski definition) is 4. The summed E-state index contributed by atoms with van der Waals surface area (Å²) in [5, 5.41) is 11.4. The number of nitrogens with one attached hydrogen (secondary N) is 1. The minimum atomic E-state index is -1.14. The first-order valence-electron chi connectivity index (χ1n) is 5.30. The molecule has 0 saturated carbocycles. The van der Waals surface area contributed by atoms with Crippen molar-refractivity contribution >= 4 is 17.6 Å². The second kappa shape index (κ2) is 5.18. The molecule has 6 nitrogen and oxygen atoms in total. The second-order valence-electron chi connectivity index (χ2n) is 3.65. The second-order valence-corrected chi connectivity index (χ2v) is 3.65. The molecule has 0 aliphatic rings. The van der Waals surface area contributed by atoms with Gasteiger partial charge >= 0.3 is 11.6 Å². The zero-order valence-electron chi connectivity index (χ0n) is 9.62. The quantitative estimate of drug-likeness (QED) is 0.872. The molecule has 0 spiro atoms. The minimum absolute atomic E-state index is 0.0202. The van der Waals surface area contributed by atoms with Gasteiger partial charge in [-0.15, -0.1) is 0 Å². The van der Waals surface area contributed by atoms with E-state index in [-0.39, 0.29) is 16.8 Å². The summed E-state index contributed by atoms with van der Waals surface area (Å²) < 4.78 is 4.56. The summed E-state index contributed by atoms with van der Waals surface area (Å²) in [7, 11) is 0. The van der Waals surface area contributed by atoms with Gasteiger partial charge in [-0.2, -0.15) is 0 Å². The summed E-state index contributed by atoms with van der Waals surface area (Å²) in [4.78, 5) is 33.6. The third kappa shape index (κ3) is 2.86. The number of hydrogen-bond donors (Lipinski definition) is 2. The first-order chi connectivity index (χ1) is 9.08. The zero-order chi connectivity index (χ0) is 13.8. The Hall–Kier alpha value is -2.89. The molecule has 1 heterocycles. The molecule has 2 N–H and O–H groups in total. The van der Waals surface area contributed by atoms with E-state index in [1.54, 1.807) is 12.1 Å². The molecule has 0 bridgehead atoms. The van der Waals surface area contributed by atoms with Crippen molar-refractivity contribution in [2.75, 3.05) is 5.32 Å². The fraction of sp³-hybridized carbons (Fsp3) is 0. The van der Waals surface area contributed by atoms with Crippen molar-refractivity contribution < 1.29 is 19.1 Å². The number of amides is 1. The molecule has 0 aliphatic heterocycles. The lowest BCUT2D eigenvalue weighted by molar-refractivity contribution is 0.0698. The van der Waals surface area contributed by atoms with Crippen LogP contribution in [0, 0.1) is 0 Å². The molecular weight excluding hydrogens is 250 g/mol. The molecule has 0 atom stereocenters. The van der Waals surface area contributed by atoms with Crippen LogP contribution in [0.4, 0.5) is 5.69 Å². The van der Waals surface area contributed by atoms with E-state index in [1.807, 2.05) is 0 Å². The Balaban J connectivity index is 2.26. The summed E-state index contributed by atoms with van der Waals surface area (Å²) in [6.07, 6.45) is 1.01. The van der Waals surface area contributed by atoms with Crippen molar-refractivity contribution in [2.45, 2.75) is 0 Å². The van der Waals surface area contributed by atoms with E-state index in [4.69, 9.17) is 5.11 Å². The lowest BCUT2D eigenvalue weighted by Crippen LogP contribution is -2.15. The Kier molecular flexibility index (Phi) is 3.42. The number of aromatic carboxylic acids is 1. The summed E-state index contributed by atoms with van der Waals surface area (Å²) in [6, 6.07) is 8.42. The summed E-state index contributed by atoms with van der Waals surface area (Å²) in [6.45, 7) is 0. The molecule has 2 rings (SSSR count). The Morgan fingerprint density at radius 3 is 2.47 bits per heavy atom. The molecule has 0 aliphatic carbocycles. The van der Waals surface area contributed by atoms with Crippen LogP contribution >= 0.6 is 0 Å². The number of anilines is 1. The Labute approximate surface area is 107 Å². The predicted octanol–water partition coefficient (Wildman–Crippen LogP) is 1.59. The van der Waals surface area contributed by atoms with Crippen molar-refractivity contribution in [3.8, 4) is 0 Å². The smallest absolute Gasteiger partial charge is 0.337 e. The molecule has 1 aromatic heterocycles. The van der Waals surface area contributed by atoms with Gasteiger partial charge in [0.25, 0.3) is 5.91 Å². The van der Waals surface area contributed by atoms with Crippen molar-refractivity contribution in [3.05, 3.63) is 64.2 Å². The van der Waals surface area contributed by atoms with Gasteiger partial charge in [-0.25, -0.2) is 9.59 Å². The molecule has 96 valence electrons. The van der Waals surface area contributed by atoms with Crippen molar-refractivity contribution in [3.63, 3.8) is 0 Å². The van der Waals surface area contributed by atoms with Crippen LogP contribution in [0.1, 0.15) is 20.7 Å². The lowest BCUT2D eigenvalue weighted by Gasteiger charge is -2.07. The number of carboxylic acids is 1. The lowest BCUT2D eigenvalue weighted by atomic mass is 10.1. The van der Waals surface area contributed by atoms with Crippen LogP contribution in [0.3, 0.4) is 0 Å². The summed E-state index contributed by atoms with van der Waals surface area (Å²) >= 11 is 0. The highest BCUT2D eigenvalue weighted by Crippen LogP contribution is 2.15. The Morgan fingerprint density at radius 1 is 1.11 bits per heavy atom. The third-order valence-electron chi connectivity index (χ3n) is 2.37.